The number of carbonyl (C=O) groups excluding carboxylic acids is 1. The first-order chi connectivity index (χ1) is 16.7. The normalized spacial score (nSPS) is 16.3. The molecule has 0 saturated carbocycles. The van der Waals surface area contributed by atoms with E-state index in [2.05, 4.69) is 20.3 Å². The lowest BCUT2D eigenvalue weighted by atomic mass is 10.1. The molecule has 3 aromatic rings. The zero-order valence-corrected chi connectivity index (χ0v) is 19.8. The molecule has 1 saturated heterocycles. The molecule has 188 valence electrons. The van der Waals surface area contributed by atoms with Gasteiger partial charge in [-0.25, -0.2) is 4.79 Å². The number of hydrogen-bond donors (Lipinski definition) is 1. The smallest absolute Gasteiger partial charge is 0.428 e. The maximum Gasteiger partial charge on any atom is 0.528 e. The number of aromatic nitrogens is 3. The molecule has 14 heteroatoms. The van der Waals surface area contributed by atoms with Crippen molar-refractivity contribution in [2.45, 2.75) is 17.7 Å². The molecule has 0 radical (unpaired) electrons. The number of benzene rings is 2. The van der Waals surface area contributed by atoms with Crippen LogP contribution >= 0.6 is 11.6 Å². The van der Waals surface area contributed by atoms with Gasteiger partial charge in [0.25, 0.3) is 0 Å². The predicted octanol–water partition coefficient (Wildman–Crippen LogP) is 3.62. The fourth-order valence-electron chi connectivity index (χ4n) is 3.51. The Bertz CT molecular complexity index is 1220. The van der Waals surface area contributed by atoms with Crippen molar-refractivity contribution in [2.24, 2.45) is 0 Å². The van der Waals surface area contributed by atoms with E-state index in [9.17, 15) is 22.2 Å². The third-order valence-corrected chi connectivity index (χ3v) is 6.87. The monoisotopic (exact) mass is 531 g/mol. The van der Waals surface area contributed by atoms with Gasteiger partial charge in [0, 0.05) is 48.4 Å². The largest absolute Gasteiger partial charge is 0.528 e. The third kappa shape index (κ3) is 6.90. The summed E-state index contributed by atoms with van der Waals surface area (Å²) in [6.45, 7) is 2.16. The summed E-state index contributed by atoms with van der Waals surface area (Å²) < 4.78 is 56.2. The van der Waals surface area contributed by atoms with Gasteiger partial charge in [0.1, 0.15) is 17.6 Å². The number of fused-ring (bicyclic) bond motifs is 1. The second kappa shape index (κ2) is 10.9. The van der Waals surface area contributed by atoms with E-state index in [0.717, 1.165) is 12.1 Å². The molecule has 1 aliphatic rings. The molecular formula is C21H21ClF3N5O4S. The summed E-state index contributed by atoms with van der Waals surface area (Å²) in [6.07, 6.45) is -5.58. The second-order valence-electron chi connectivity index (χ2n) is 7.77. The van der Waals surface area contributed by atoms with E-state index in [1.165, 1.54) is 11.1 Å². The maximum atomic E-state index is 12.9. The Kier molecular flexibility index (Phi) is 7.89. The van der Waals surface area contributed by atoms with Crippen molar-refractivity contribution in [3.63, 3.8) is 0 Å². The van der Waals surface area contributed by atoms with Crippen LogP contribution in [0.15, 0.2) is 41.3 Å². The highest BCUT2D eigenvalue weighted by molar-refractivity contribution is 7.85. The number of aromatic amines is 1. The van der Waals surface area contributed by atoms with Gasteiger partial charge in [0.15, 0.2) is 0 Å². The van der Waals surface area contributed by atoms with Gasteiger partial charge in [-0.2, -0.15) is 28.6 Å². The van der Waals surface area contributed by atoms with Crippen LogP contribution in [0.4, 0.5) is 18.0 Å². The van der Waals surface area contributed by atoms with Crippen LogP contribution in [0.5, 0.6) is 0 Å². The first-order valence-electron chi connectivity index (χ1n) is 10.5. The van der Waals surface area contributed by atoms with E-state index in [0.29, 0.717) is 54.4 Å². The van der Waals surface area contributed by atoms with E-state index in [4.69, 9.17) is 21.2 Å². The highest BCUT2D eigenvalue weighted by Crippen LogP contribution is 2.32. The van der Waals surface area contributed by atoms with Crippen LogP contribution in [-0.2, 0) is 33.2 Å². The fraction of sp³-hybridized carbons (Fsp3) is 0.381. The lowest BCUT2D eigenvalue weighted by molar-refractivity contribution is -0.147. The van der Waals surface area contributed by atoms with E-state index in [1.807, 2.05) is 0 Å². The molecule has 0 amide bonds. The van der Waals surface area contributed by atoms with E-state index < -0.39 is 35.3 Å². The van der Waals surface area contributed by atoms with E-state index >= 15 is 0 Å². The SMILES string of the molecule is O=C(OCc1cc(Cl)cc(C(F)(F)F)c1)ON1CCN(CCS(=O)c2ccc3n[nH]nc3c2)CC1. The lowest BCUT2D eigenvalue weighted by Crippen LogP contribution is -2.47. The van der Waals surface area contributed by atoms with Crippen molar-refractivity contribution in [2.75, 3.05) is 38.5 Å². The standard InChI is InChI=1S/C21H21ClF3N5O4S/c22-16-10-14(9-15(11-16)21(23,24)25)13-33-20(31)34-30-5-3-29(4-6-30)7-8-35(32)17-1-2-18-19(12-17)27-28-26-18/h1-2,9-12H,3-8,13H2,(H,26,27,28). The molecule has 1 fully saturated rings. The number of H-pyrrole nitrogens is 1. The van der Waals surface area contributed by atoms with Crippen molar-refractivity contribution >= 4 is 39.6 Å². The summed E-state index contributed by atoms with van der Waals surface area (Å²) in [6, 6.07) is 8.24. The highest BCUT2D eigenvalue weighted by Gasteiger charge is 2.31. The third-order valence-electron chi connectivity index (χ3n) is 5.32. The topological polar surface area (TPSA) is 101 Å². The van der Waals surface area contributed by atoms with Crippen LogP contribution in [-0.4, -0.2) is 74.2 Å². The van der Waals surface area contributed by atoms with E-state index in [1.54, 1.807) is 18.2 Å². The number of piperazine rings is 1. The van der Waals surface area contributed by atoms with Gasteiger partial charge in [-0.3, -0.25) is 9.11 Å². The summed E-state index contributed by atoms with van der Waals surface area (Å²) in [7, 11) is -1.20. The lowest BCUT2D eigenvalue weighted by Gasteiger charge is -2.32. The number of hydrogen-bond acceptors (Lipinski definition) is 8. The number of ether oxygens (including phenoxy) is 1. The first-order valence-corrected chi connectivity index (χ1v) is 12.2. The number of rotatable bonds is 7. The summed E-state index contributed by atoms with van der Waals surface area (Å²) in [5.41, 5.74) is 0.540. The molecule has 0 spiro atoms. The van der Waals surface area contributed by atoms with Crippen LogP contribution in [0.25, 0.3) is 11.0 Å². The van der Waals surface area contributed by atoms with Crippen LogP contribution in [0.3, 0.4) is 0 Å². The second-order valence-corrected chi connectivity index (χ2v) is 9.78. The summed E-state index contributed by atoms with van der Waals surface area (Å²) in [5, 5.41) is 11.8. The zero-order valence-electron chi connectivity index (χ0n) is 18.3. The number of nitrogens with zero attached hydrogens (tertiary/aromatic N) is 4. The minimum atomic E-state index is -4.56. The van der Waals surface area contributed by atoms with Gasteiger partial charge in [0.2, 0.25) is 0 Å². The minimum absolute atomic E-state index is 0.0993. The van der Waals surface area contributed by atoms with Crippen LogP contribution < -0.4 is 0 Å². The Hall–Kier alpha value is -2.74. The number of halogens is 4. The maximum absolute atomic E-state index is 12.9. The Morgan fingerprint density at radius 1 is 1.09 bits per heavy atom. The van der Waals surface area contributed by atoms with Gasteiger partial charge >= 0.3 is 12.3 Å². The molecule has 2 aromatic carbocycles. The van der Waals surface area contributed by atoms with E-state index in [-0.39, 0.29) is 10.6 Å². The Morgan fingerprint density at radius 2 is 1.83 bits per heavy atom. The van der Waals surface area contributed by atoms with Crippen LogP contribution in [0.2, 0.25) is 5.02 Å². The number of carbonyl (C=O) groups is 1. The first kappa shape index (κ1) is 25.4. The van der Waals surface area contributed by atoms with Crippen molar-refractivity contribution in [1.29, 1.82) is 0 Å². The molecule has 4 rings (SSSR count). The summed E-state index contributed by atoms with van der Waals surface area (Å²) in [5.74, 6) is 0.436. The van der Waals surface area contributed by atoms with Crippen molar-refractivity contribution in [3.8, 4) is 0 Å². The molecule has 0 aliphatic carbocycles. The molecule has 1 N–H and O–H groups in total. The fourth-order valence-corrected chi connectivity index (χ4v) is 4.89. The average Bonchev–Trinajstić information content (AvgIpc) is 3.29. The summed E-state index contributed by atoms with van der Waals surface area (Å²) >= 11 is 5.73. The van der Waals surface area contributed by atoms with Gasteiger partial charge in [0.05, 0.1) is 16.4 Å². The Balaban J connectivity index is 1.18. The van der Waals surface area contributed by atoms with Crippen molar-refractivity contribution in [1.82, 2.24) is 25.4 Å². The molecule has 0 bridgehead atoms. The van der Waals surface area contributed by atoms with Gasteiger partial charge in [-0.15, -0.1) is 5.06 Å². The quantitative estimate of drug-likeness (QED) is 0.461. The molecule has 35 heavy (non-hydrogen) atoms. The van der Waals surface area contributed by atoms with Crippen LogP contribution in [0.1, 0.15) is 11.1 Å². The summed E-state index contributed by atoms with van der Waals surface area (Å²) in [4.78, 5) is 19.9. The average molecular weight is 532 g/mol. The predicted molar refractivity (Wildman–Crippen MR) is 121 cm³/mol. The highest BCUT2D eigenvalue weighted by atomic mass is 35.5. The minimum Gasteiger partial charge on any atom is -0.428 e. The molecular weight excluding hydrogens is 511 g/mol. The van der Waals surface area contributed by atoms with Crippen molar-refractivity contribution < 1.29 is 31.7 Å². The number of hydroxylamine groups is 2. The molecule has 1 unspecified atom stereocenters. The number of alkyl halides is 3. The number of nitrogens with one attached hydrogen (secondary N) is 1. The van der Waals surface area contributed by atoms with Crippen molar-refractivity contribution in [3.05, 3.63) is 52.5 Å². The zero-order chi connectivity index (χ0) is 25.0. The van der Waals surface area contributed by atoms with Gasteiger partial charge in [-0.05, 0) is 42.0 Å². The molecule has 1 aliphatic heterocycles. The molecule has 9 nitrogen and oxygen atoms in total. The van der Waals surface area contributed by atoms with Gasteiger partial charge < -0.3 is 9.57 Å². The molecule has 1 aromatic heterocycles. The molecule has 1 atom stereocenters. The van der Waals surface area contributed by atoms with Gasteiger partial charge in [-0.1, -0.05) is 11.6 Å². The Labute approximate surface area is 205 Å². The van der Waals surface area contributed by atoms with Crippen LogP contribution in [0, 0.1) is 0 Å². The Morgan fingerprint density at radius 3 is 2.57 bits per heavy atom. The molecule has 2 heterocycles.